The molecular formula is C17H24BrNO. The van der Waals surface area contributed by atoms with Crippen LogP contribution in [-0.4, -0.2) is 29.8 Å². The quantitative estimate of drug-likeness (QED) is 0.702. The fraction of sp³-hybridized carbons (Fsp3) is 0.588. The van der Waals surface area contributed by atoms with E-state index in [1.54, 1.807) is 0 Å². The van der Waals surface area contributed by atoms with Crippen molar-refractivity contribution in [3.8, 4) is 0 Å². The molecule has 20 heavy (non-hydrogen) atoms. The molecule has 1 aromatic rings. The topological polar surface area (TPSA) is 20.3 Å². The van der Waals surface area contributed by atoms with Gasteiger partial charge in [0.25, 0.3) is 0 Å². The molecule has 0 radical (unpaired) electrons. The largest absolute Gasteiger partial charge is 0.300 e. The number of halogens is 1. The Labute approximate surface area is 130 Å². The monoisotopic (exact) mass is 337 g/mol. The van der Waals surface area contributed by atoms with Crippen molar-refractivity contribution in [1.29, 1.82) is 0 Å². The predicted octanol–water partition coefficient (Wildman–Crippen LogP) is 4.68. The summed E-state index contributed by atoms with van der Waals surface area (Å²) in [6, 6.07) is 8.41. The summed E-state index contributed by atoms with van der Waals surface area (Å²) in [7, 11) is 0. The molecule has 2 rings (SSSR count). The Hall–Kier alpha value is -0.670. The number of carbonyl (C=O) groups excluding carboxylic acids is 1. The van der Waals surface area contributed by atoms with Crippen LogP contribution in [0.15, 0.2) is 28.7 Å². The Bertz CT molecular complexity index is 440. The summed E-state index contributed by atoms with van der Waals surface area (Å²) < 4.78 is 0.908. The maximum Gasteiger partial charge on any atom is 0.165 e. The lowest BCUT2D eigenvalue weighted by Gasteiger charge is -2.33. The molecule has 0 atom stereocenters. The molecule has 1 aliphatic carbocycles. The first-order chi connectivity index (χ1) is 9.72. The van der Waals surface area contributed by atoms with E-state index in [0.29, 0.717) is 12.5 Å². The number of rotatable bonds is 6. The predicted molar refractivity (Wildman–Crippen MR) is 87.2 cm³/mol. The van der Waals surface area contributed by atoms with Gasteiger partial charge in [0.1, 0.15) is 0 Å². The van der Waals surface area contributed by atoms with Gasteiger partial charge in [-0.3, -0.25) is 4.79 Å². The normalized spacial score (nSPS) is 16.6. The van der Waals surface area contributed by atoms with Gasteiger partial charge in [-0.1, -0.05) is 60.3 Å². The van der Waals surface area contributed by atoms with Crippen molar-refractivity contribution >= 4 is 21.7 Å². The summed E-state index contributed by atoms with van der Waals surface area (Å²) in [4.78, 5) is 14.8. The van der Waals surface area contributed by atoms with E-state index in [1.807, 2.05) is 24.3 Å². The highest BCUT2D eigenvalue weighted by Crippen LogP contribution is 2.23. The van der Waals surface area contributed by atoms with Gasteiger partial charge in [-0.25, -0.2) is 0 Å². The molecule has 1 fully saturated rings. The molecule has 1 aromatic carbocycles. The van der Waals surface area contributed by atoms with Crippen LogP contribution in [0.1, 0.15) is 55.8 Å². The number of benzene rings is 1. The van der Waals surface area contributed by atoms with Crippen molar-refractivity contribution in [1.82, 2.24) is 4.90 Å². The lowest BCUT2D eigenvalue weighted by atomic mass is 9.94. The van der Waals surface area contributed by atoms with Crippen LogP contribution in [0.3, 0.4) is 0 Å². The van der Waals surface area contributed by atoms with Crippen LogP contribution in [0.25, 0.3) is 0 Å². The molecule has 0 heterocycles. The molecule has 2 nitrogen and oxygen atoms in total. The molecule has 3 heteroatoms. The zero-order valence-electron chi connectivity index (χ0n) is 12.3. The summed E-state index contributed by atoms with van der Waals surface area (Å²) in [5.41, 5.74) is 0.812. The number of ketones is 1. The minimum Gasteiger partial charge on any atom is -0.300 e. The lowest BCUT2D eigenvalue weighted by Crippen LogP contribution is -2.38. The maximum absolute atomic E-state index is 12.3. The third-order valence-electron chi connectivity index (χ3n) is 4.30. The first-order valence-corrected chi connectivity index (χ1v) is 8.53. The number of hydrogen-bond acceptors (Lipinski definition) is 2. The second kappa shape index (κ2) is 7.94. The molecule has 0 bridgehead atoms. The zero-order valence-corrected chi connectivity index (χ0v) is 13.9. The molecule has 0 amide bonds. The van der Waals surface area contributed by atoms with E-state index in [-0.39, 0.29) is 5.78 Å². The summed E-state index contributed by atoms with van der Waals surface area (Å²) in [5, 5.41) is 0. The summed E-state index contributed by atoms with van der Waals surface area (Å²) in [6.45, 7) is 4.15. The average molecular weight is 338 g/mol. The van der Waals surface area contributed by atoms with Gasteiger partial charge in [0.15, 0.2) is 5.78 Å². The number of carbonyl (C=O) groups is 1. The maximum atomic E-state index is 12.3. The van der Waals surface area contributed by atoms with Crippen LogP contribution in [0.2, 0.25) is 0 Å². The molecule has 0 unspecified atom stereocenters. The molecule has 0 N–H and O–H groups in total. The standard InChI is InChI=1S/C17H24BrNO/c1-2-19(14-8-4-3-5-9-14)13-12-17(20)15-10-6-7-11-16(15)18/h6-7,10-11,14H,2-5,8-9,12-13H2,1H3. The molecule has 0 aromatic heterocycles. The summed E-state index contributed by atoms with van der Waals surface area (Å²) >= 11 is 3.46. The van der Waals surface area contributed by atoms with Gasteiger partial charge in [0.05, 0.1) is 0 Å². The van der Waals surface area contributed by atoms with Crippen molar-refractivity contribution in [3.63, 3.8) is 0 Å². The van der Waals surface area contributed by atoms with Crippen molar-refractivity contribution < 1.29 is 4.79 Å². The van der Waals surface area contributed by atoms with E-state index in [1.165, 1.54) is 32.1 Å². The smallest absolute Gasteiger partial charge is 0.165 e. The third kappa shape index (κ3) is 4.16. The minimum atomic E-state index is 0.242. The zero-order chi connectivity index (χ0) is 14.4. The van der Waals surface area contributed by atoms with E-state index in [2.05, 4.69) is 27.8 Å². The minimum absolute atomic E-state index is 0.242. The lowest BCUT2D eigenvalue weighted by molar-refractivity contribution is 0.0938. The van der Waals surface area contributed by atoms with Gasteiger partial charge in [0.2, 0.25) is 0 Å². The molecule has 1 saturated carbocycles. The van der Waals surface area contributed by atoms with Crippen LogP contribution >= 0.6 is 15.9 Å². The highest BCUT2D eigenvalue weighted by molar-refractivity contribution is 9.10. The molecule has 1 aliphatic rings. The van der Waals surface area contributed by atoms with Gasteiger partial charge in [-0.2, -0.15) is 0 Å². The highest BCUT2D eigenvalue weighted by atomic mass is 79.9. The van der Waals surface area contributed by atoms with Crippen molar-refractivity contribution in [2.45, 2.75) is 51.5 Å². The number of hydrogen-bond donors (Lipinski definition) is 0. The summed E-state index contributed by atoms with van der Waals surface area (Å²) in [6.07, 6.45) is 7.30. The van der Waals surface area contributed by atoms with E-state index < -0.39 is 0 Å². The molecule has 110 valence electrons. The van der Waals surface area contributed by atoms with Crippen LogP contribution < -0.4 is 0 Å². The van der Waals surface area contributed by atoms with Crippen LogP contribution in [0.4, 0.5) is 0 Å². The van der Waals surface area contributed by atoms with Crippen molar-refractivity contribution in [2.75, 3.05) is 13.1 Å². The molecule has 0 saturated heterocycles. The number of nitrogens with zero attached hydrogens (tertiary/aromatic N) is 1. The first kappa shape index (κ1) is 15.7. The fourth-order valence-corrected chi connectivity index (χ4v) is 3.62. The van der Waals surface area contributed by atoms with Gasteiger partial charge >= 0.3 is 0 Å². The Morgan fingerprint density at radius 3 is 2.60 bits per heavy atom. The van der Waals surface area contributed by atoms with E-state index in [4.69, 9.17) is 0 Å². The Kier molecular flexibility index (Phi) is 6.24. The van der Waals surface area contributed by atoms with Gasteiger partial charge in [-0.05, 0) is 25.5 Å². The fourth-order valence-electron chi connectivity index (χ4n) is 3.11. The van der Waals surface area contributed by atoms with Crippen molar-refractivity contribution in [2.24, 2.45) is 0 Å². The molecule has 0 aliphatic heterocycles. The van der Waals surface area contributed by atoms with Crippen molar-refractivity contribution in [3.05, 3.63) is 34.3 Å². The van der Waals surface area contributed by atoms with Crippen LogP contribution in [-0.2, 0) is 0 Å². The highest BCUT2D eigenvalue weighted by Gasteiger charge is 2.20. The average Bonchev–Trinajstić information content (AvgIpc) is 2.49. The van der Waals surface area contributed by atoms with E-state index in [0.717, 1.165) is 23.1 Å². The molecular weight excluding hydrogens is 314 g/mol. The van der Waals surface area contributed by atoms with Gasteiger partial charge in [-0.15, -0.1) is 0 Å². The van der Waals surface area contributed by atoms with E-state index >= 15 is 0 Å². The number of Topliss-reactive ketones (excluding diaryl/α,β-unsaturated/α-hetero) is 1. The van der Waals surface area contributed by atoms with Gasteiger partial charge < -0.3 is 4.90 Å². The Morgan fingerprint density at radius 2 is 1.95 bits per heavy atom. The van der Waals surface area contributed by atoms with Crippen LogP contribution in [0, 0.1) is 0 Å². The second-order valence-corrected chi connectivity index (χ2v) is 6.43. The first-order valence-electron chi connectivity index (χ1n) is 7.74. The summed E-state index contributed by atoms with van der Waals surface area (Å²) in [5.74, 6) is 0.242. The van der Waals surface area contributed by atoms with E-state index in [9.17, 15) is 4.79 Å². The van der Waals surface area contributed by atoms with Gasteiger partial charge in [0, 0.05) is 29.0 Å². The Balaban J connectivity index is 1.89. The molecule has 0 spiro atoms. The van der Waals surface area contributed by atoms with Crippen LogP contribution in [0.5, 0.6) is 0 Å². The third-order valence-corrected chi connectivity index (χ3v) is 4.99. The Morgan fingerprint density at radius 1 is 1.25 bits per heavy atom. The second-order valence-electron chi connectivity index (χ2n) is 5.57. The SMILES string of the molecule is CCN(CCC(=O)c1ccccc1Br)C1CCCCC1.